The van der Waals surface area contributed by atoms with Gasteiger partial charge in [-0.05, 0) is 63.2 Å². The minimum Gasteiger partial charge on any atom is -0.458 e. The minimum absolute atomic E-state index is 0.0245. The number of esters is 2. The Balaban J connectivity index is 1.57. The van der Waals surface area contributed by atoms with Gasteiger partial charge in [0.1, 0.15) is 12.5 Å². The average Bonchev–Trinajstić information content (AvgIpc) is 3.07. The van der Waals surface area contributed by atoms with Gasteiger partial charge >= 0.3 is 11.9 Å². The summed E-state index contributed by atoms with van der Waals surface area (Å²) in [5.74, 6) is -1.12. The first kappa shape index (κ1) is 23.8. The third-order valence-electron chi connectivity index (χ3n) is 8.38. The zero-order chi connectivity index (χ0) is 23.3. The maximum atomic E-state index is 12.3. The highest BCUT2D eigenvalue weighted by atomic mass is 35.5. The molecule has 4 aliphatic rings. The summed E-state index contributed by atoms with van der Waals surface area (Å²) in [5.41, 5.74) is 1.60. The molecule has 0 N–H and O–H groups in total. The molecule has 0 radical (unpaired) electrons. The summed E-state index contributed by atoms with van der Waals surface area (Å²) in [7, 11) is 0. The van der Waals surface area contributed by atoms with Crippen LogP contribution in [0.3, 0.4) is 0 Å². The number of rotatable bonds is 4. The van der Waals surface area contributed by atoms with E-state index in [2.05, 4.69) is 20.4 Å². The van der Waals surface area contributed by atoms with E-state index < -0.39 is 23.8 Å². The number of carbonyl (C=O) groups excluding carboxylic acids is 2. The number of hydrogen-bond donors (Lipinski definition) is 0. The first-order chi connectivity index (χ1) is 15.0. The van der Waals surface area contributed by atoms with E-state index in [9.17, 15) is 9.59 Å². The molecule has 0 aromatic carbocycles. The van der Waals surface area contributed by atoms with E-state index in [1.165, 1.54) is 5.57 Å². The largest absolute Gasteiger partial charge is 0.458 e. The molecule has 0 aromatic heterocycles. The molecule has 0 spiro atoms. The van der Waals surface area contributed by atoms with Crippen molar-refractivity contribution in [2.24, 2.45) is 22.7 Å². The van der Waals surface area contributed by atoms with Crippen LogP contribution in [0.4, 0.5) is 0 Å². The summed E-state index contributed by atoms with van der Waals surface area (Å²) >= 11 is 5.56. The Morgan fingerprint density at radius 2 is 2.00 bits per heavy atom. The minimum atomic E-state index is -0.690. The van der Waals surface area contributed by atoms with Gasteiger partial charge in [-0.2, -0.15) is 0 Å². The smallest absolute Gasteiger partial charge is 0.337 e. The molecule has 178 valence electrons. The number of hydrogen-bond acceptors (Lipinski definition) is 6. The summed E-state index contributed by atoms with van der Waals surface area (Å²) in [4.78, 5) is 23.9. The van der Waals surface area contributed by atoms with Crippen LogP contribution in [0.15, 0.2) is 23.8 Å². The molecule has 2 saturated carbocycles. The molecule has 7 heteroatoms. The van der Waals surface area contributed by atoms with Crippen LogP contribution in [-0.4, -0.2) is 49.0 Å². The van der Waals surface area contributed by atoms with Crippen LogP contribution in [0.2, 0.25) is 0 Å². The van der Waals surface area contributed by atoms with E-state index in [0.29, 0.717) is 24.5 Å². The zero-order valence-corrected chi connectivity index (χ0v) is 20.3. The third kappa shape index (κ3) is 4.03. The maximum absolute atomic E-state index is 12.3. The van der Waals surface area contributed by atoms with Gasteiger partial charge in [0.25, 0.3) is 0 Å². The van der Waals surface area contributed by atoms with Gasteiger partial charge in [-0.1, -0.05) is 32.1 Å². The van der Waals surface area contributed by atoms with Crippen LogP contribution >= 0.6 is 11.6 Å². The molecule has 0 bridgehead atoms. The van der Waals surface area contributed by atoms with Gasteiger partial charge in [0.05, 0.1) is 18.3 Å². The van der Waals surface area contributed by atoms with Crippen LogP contribution < -0.4 is 0 Å². The van der Waals surface area contributed by atoms with Crippen molar-refractivity contribution in [3.8, 4) is 0 Å². The lowest BCUT2D eigenvalue weighted by Crippen LogP contribution is -2.62. The molecule has 4 fully saturated rings. The van der Waals surface area contributed by atoms with Gasteiger partial charge in [-0.3, -0.25) is 4.79 Å². The molecule has 0 amide bonds. The van der Waals surface area contributed by atoms with Gasteiger partial charge in [0, 0.05) is 5.41 Å². The lowest BCUT2D eigenvalue weighted by atomic mass is 9.46. The number of fused-ring (bicyclic) bond motifs is 3. The van der Waals surface area contributed by atoms with E-state index >= 15 is 0 Å². The predicted molar refractivity (Wildman–Crippen MR) is 120 cm³/mol. The van der Waals surface area contributed by atoms with E-state index in [1.54, 1.807) is 0 Å². The second-order valence-corrected chi connectivity index (χ2v) is 11.0. The highest BCUT2D eigenvalue weighted by Gasteiger charge is 2.60. The maximum Gasteiger partial charge on any atom is 0.337 e. The van der Waals surface area contributed by atoms with Gasteiger partial charge < -0.3 is 18.9 Å². The highest BCUT2D eigenvalue weighted by molar-refractivity contribution is 6.26. The molecule has 2 aliphatic carbocycles. The zero-order valence-electron chi connectivity index (χ0n) is 19.6. The summed E-state index contributed by atoms with van der Waals surface area (Å²) < 4.78 is 23.0. The molecule has 2 heterocycles. The number of halogens is 1. The average molecular weight is 467 g/mol. The van der Waals surface area contributed by atoms with Crippen molar-refractivity contribution in [1.82, 2.24) is 0 Å². The second-order valence-electron chi connectivity index (χ2n) is 10.8. The molecular formula is C25H35ClO6. The third-order valence-corrected chi connectivity index (χ3v) is 8.60. The van der Waals surface area contributed by atoms with Crippen molar-refractivity contribution in [1.29, 1.82) is 0 Å². The van der Waals surface area contributed by atoms with Gasteiger partial charge in [0.15, 0.2) is 11.9 Å². The first-order valence-electron chi connectivity index (χ1n) is 11.6. The Morgan fingerprint density at radius 1 is 1.25 bits per heavy atom. The topological polar surface area (TPSA) is 71.1 Å². The molecule has 32 heavy (non-hydrogen) atoms. The number of alkyl halides is 1. The molecule has 2 unspecified atom stereocenters. The molecule has 6 atom stereocenters. The fourth-order valence-corrected chi connectivity index (χ4v) is 6.77. The van der Waals surface area contributed by atoms with Crippen molar-refractivity contribution >= 4 is 23.5 Å². The predicted octanol–water partition coefficient (Wildman–Crippen LogP) is 4.55. The molecule has 4 rings (SSSR count). The Kier molecular flexibility index (Phi) is 6.27. The summed E-state index contributed by atoms with van der Waals surface area (Å²) in [6, 6.07) is 0. The van der Waals surface area contributed by atoms with E-state index in [-0.39, 0.29) is 35.3 Å². The highest BCUT2D eigenvalue weighted by Crippen LogP contribution is 2.63. The summed E-state index contributed by atoms with van der Waals surface area (Å²) in [5, 5.41) is 0. The fraction of sp³-hybridized carbons (Fsp3) is 0.760. The number of carbonyl (C=O) groups is 2. The number of allylic oxidation sites excluding steroid dienone is 2. The van der Waals surface area contributed by atoms with Crippen LogP contribution in [0.1, 0.15) is 59.8 Å². The Labute approximate surface area is 195 Å². The normalized spacial score (nSPS) is 42.2. The summed E-state index contributed by atoms with van der Waals surface area (Å²) in [6.07, 6.45) is 6.10. The number of ether oxygens (including phenoxy) is 4. The van der Waals surface area contributed by atoms with E-state index in [1.807, 2.05) is 19.9 Å². The second kappa shape index (κ2) is 8.44. The molecule has 6 nitrogen and oxygen atoms in total. The fourth-order valence-electron chi connectivity index (χ4n) is 6.70. The van der Waals surface area contributed by atoms with Crippen molar-refractivity contribution < 1.29 is 28.5 Å². The van der Waals surface area contributed by atoms with Gasteiger partial charge in [-0.15, -0.1) is 11.6 Å². The van der Waals surface area contributed by atoms with Crippen molar-refractivity contribution in [2.75, 3.05) is 19.1 Å². The standard InChI is InChI=1S/C25H35ClO6/c1-15-6-9-19-24(4,11-10-20-25(19,5)14-30-23(2,3)32-20)17(15)8-7-16-18(13-29-22(16)28)31-21(27)12-26/h7,17-20H,1,6,8-14H2,2-5H3/b16-7-/t17-,18?,19?,20-,24+,25+/m1/s1. The number of cyclic esters (lactones) is 1. The van der Waals surface area contributed by atoms with E-state index in [0.717, 1.165) is 25.7 Å². The Morgan fingerprint density at radius 3 is 2.72 bits per heavy atom. The van der Waals surface area contributed by atoms with E-state index in [4.69, 9.17) is 30.5 Å². The van der Waals surface area contributed by atoms with Crippen molar-refractivity contribution in [3.63, 3.8) is 0 Å². The van der Waals surface area contributed by atoms with Crippen molar-refractivity contribution in [2.45, 2.75) is 77.8 Å². The SMILES string of the molecule is C=C1CCC2[C@]3(C)COC(C)(C)O[C@@H]3CC[C@@]2(C)[C@@H]1C/C=C1\C(=O)OCC1OC(=O)CCl. The molecular weight excluding hydrogens is 432 g/mol. The molecule has 2 saturated heterocycles. The van der Waals surface area contributed by atoms with Gasteiger partial charge in [-0.25, -0.2) is 4.79 Å². The lowest BCUT2D eigenvalue weighted by molar-refractivity contribution is -0.344. The lowest BCUT2D eigenvalue weighted by Gasteiger charge is -2.63. The van der Waals surface area contributed by atoms with Gasteiger partial charge in [0.2, 0.25) is 0 Å². The Hall–Kier alpha value is -1.37. The first-order valence-corrected chi connectivity index (χ1v) is 12.2. The van der Waals surface area contributed by atoms with Crippen LogP contribution in [0, 0.1) is 22.7 Å². The van der Waals surface area contributed by atoms with Crippen LogP contribution in [0.25, 0.3) is 0 Å². The Bertz CT molecular complexity index is 834. The molecule has 0 aromatic rings. The monoisotopic (exact) mass is 466 g/mol. The van der Waals surface area contributed by atoms with Crippen LogP contribution in [-0.2, 0) is 28.5 Å². The van der Waals surface area contributed by atoms with Crippen molar-refractivity contribution in [3.05, 3.63) is 23.8 Å². The van der Waals surface area contributed by atoms with Crippen LogP contribution in [0.5, 0.6) is 0 Å². The quantitative estimate of drug-likeness (QED) is 0.262. The molecule has 2 aliphatic heterocycles. The summed E-state index contributed by atoms with van der Waals surface area (Å²) in [6.45, 7) is 13.8.